The van der Waals surface area contributed by atoms with E-state index in [0.29, 0.717) is 21.0 Å². The van der Waals surface area contributed by atoms with Gasteiger partial charge in [0, 0.05) is 4.47 Å². The van der Waals surface area contributed by atoms with Crippen LogP contribution in [0.2, 0.25) is 15.2 Å². The average Bonchev–Trinajstić information content (AvgIpc) is 2.30. The Bertz CT molecular complexity index is 607. The maximum Gasteiger partial charge on any atom is 0.151 e. The number of nitrogens with zero attached hydrogens (tertiary/aromatic N) is 1. The molecule has 0 atom stereocenters. The Morgan fingerprint density at radius 1 is 1.11 bits per heavy atom. The van der Waals surface area contributed by atoms with E-state index < -0.39 is 0 Å². The summed E-state index contributed by atoms with van der Waals surface area (Å²) in [5.74, 6) is -0.0748. The Morgan fingerprint density at radius 2 is 1.83 bits per heavy atom. The van der Waals surface area contributed by atoms with E-state index in [-0.39, 0.29) is 16.0 Å². The van der Waals surface area contributed by atoms with E-state index in [1.54, 1.807) is 6.07 Å². The Kier molecular flexibility index (Phi) is 4.33. The van der Waals surface area contributed by atoms with Crippen molar-refractivity contribution in [2.45, 2.75) is 0 Å². The summed E-state index contributed by atoms with van der Waals surface area (Å²) in [5.41, 5.74) is 0.489. The monoisotopic (exact) mass is 368 g/mol. The van der Waals surface area contributed by atoms with Crippen LogP contribution in [0.4, 0.5) is 15.9 Å². The van der Waals surface area contributed by atoms with Crippen LogP contribution in [-0.2, 0) is 0 Å². The van der Waals surface area contributed by atoms with Crippen molar-refractivity contribution in [2.75, 3.05) is 5.32 Å². The smallest absolute Gasteiger partial charge is 0.151 e. The number of anilines is 2. The zero-order chi connectivity index (χ0) is 13.3. The SMILES string of the molecule is Fc1ccc(Br)c(Nc2nc(Cl)c(Cl)cc2Cl)c1. The lowest BCUT2D eigenvalue weighted by atomic mass is 10.3. The number of benzene rings is 1. The summed E-state index contributed by atoms with van der Waals surface area (Å²) < 4.78 is 13.8. The van der Waals surface area contributed by atoms with Crippen molar-refractivity contribution in [1.29, 1.82) is 0 Å². The highest BCUT2D eigenvalue weighted by Crippen LogP contribution is 2.33. The highest BCUT2D eigenvalue weighted by molar-refractivity contribution is 9.10. The van der Waals surface area contributed by atoms with E-state index >= 15 is 0 Å². The second-order valence-electron chi connectivity index (χ2n) is 3.34. The second kappa shape index (κ2) is 5.61. The molecule has 2 nitrogen and oxygen atoms in total. The third-order valence-corrected chi connectivity index (χ3v) is 3.72. The molecule has 0 spiro atoms. The quantitative estimate of drug-likeness (QED) is 0.687. The zero-order valence-corrected chi connectivity index (χ0v) is 12.5. The van der Waals surface area contributed by atoms with Gasteiger partial charge >= 0.3 is 0 Å². The predicted molar refractivity (Wildman–Crippen MR) is 76.6 cm³/mol. The first kappa shape index (κ1) is 13.9. The van der Waals surface area contributed by atoms with Gasteiger partial charge in [-0.15, -0.1) is 0 Å². The van der Waals surface area contributed by atoms with Crippen LogP contribution >= 0.6 is 50.7 Å². The minimum Gasteiger partial charge on any atom is -0.338 e. The maximum absolute atomic E-state index is 13.1. The topological polar surface area (TPSA) is 24.9 Å². The Morgan fingerprint density at radius 3 is 2.56 bits per heavy atom. The summed E-state index contributed by atoms with van der Waals surface area (Å²) in [7, 11) is 0. The summed E-state index contributed by atoms with van der Waals surface area (Å²) >= 11 is 20.8. The van der Waals surface area contributed by atoms with Gasteiger partial charge in [0.05, 0.1) is 15.7 Å². The van der Waals surface area contributed by atoms with Crippen molar-refractivity contribution in [3.05, 3.63) is 49.8 Å². The molecule has 0 aliphatic carbocycles. The van der Waals surface area contributed by atoms with Gasteiger partial charge in [0.15, 0.2) is 5.82 Å². The fourth-order valence-corrected chi connectivity index (χ4v) is 2.14. The number of nitrogens with one attached hydrogen (secondary N) is 1. The maximum atomic E-state index is 13.1. The van der Waals surface area contributed by atoms with Gasteiger partial charge in [0.2, 0.25) is 0 Å². The van der Waals surface area contributed by atoms with Gasteiger partial charge in [-0.2, -0.15) is 0 Å². The second-order valence-corrected chi connectivity index (χ2v) is 5.37. The lowest BCUT2D eigenvalue weighted by molar-refractivity contribution is 0.628. The van der Waals surface area contributed by atoms with Crippen LogP contribution < -0.4 is 5.32 Å². The molecule has 0 bridgehead atoms. The number of hydrogen-bond donors (Lipinski definition) is 1. The van der Waals surface area contributed by atoms with Gasteiger partial charge in [-0.3, -0.25) is 0 Å². The predicted octanol–water partition coefficient (Wildman–Crippen LogP) is 5.69. The summed E-state index contributed by atoms with van der Waals surface area (Å²) in [4.78, 5) is 3.99. The first-order chi connectivity index (χ1) is 8.47. The summed E-state index contributed by atoms with van der Waals surface area (Å²) in [6, 6.07) is 5.68. The number of rotatable bonds is 2. The van der Waals surface area contributed by atoms with Crippen molar-refractivity contribution < 1.29 is 4.39 Å². The highest BCUT2D eigenvalue weighted by atomic mass is 79.9. The lowest BCUT2D eigenvalue weighted by Crippen LogP contribution is -1.96. The van der Waals surface area contributed by atoms with E-state index in [1.807, 2.05) is 0 Å². The standard InChI is InChI=1S/C11H5BrCl3FN2/c12-6-2-1-5(16)3-9(6)17-11-8(14)4-7(13)10(15)18-11/h1-4H,(H,17,18). The minimum absolute atomic E-state index is 0.121. The highest BCUT2D eigenvalue weighted by Gasteiger charge is 2.10. The third-order valence-electron chi connectivity index (χ3n) is 2.07. The molecular formula is C11H5BrCl3FN2. The van der Waals surface area contributed by atoms with Gasteiger partial charge in [-0.05, 0) is 40.2 Å². The minimum atomic E-state index is -0.378. The Hall–Kier alpha value is -0.550. The van der Waals surface area contributed by atoms with Crippen LogP contribution in [0.15, 0.2) is 28.7 Å². The molecule has 1 aromatic heterocycles. The molecule has 0 unspecified atom stereocenters. The molecule has 0 saturated carbocycles. The van der Waals surface area contributed by atoms with Crippen molar-refractivity contribution in [3.63, 3.8) is 0 Å². The van der Waals surface area contributed by atoms with E-state index in [2.05, 4.69) is 26.2 Å². The molecule has 1 aromatic carbocycles. The number of pyridine rings is 1. The normalized spacial score (nSPS) is 10.5. The molecule has 0 radical (unpaired) electrons. The number of halogens is 5. The van der Waals surface area contributed by atoms with E-state index in [1.165, 1.54) is 18.2 Å². The third kappa shape index (κ3) is 3.06. The van der Waals surface area contributed by atoms with Gasteiger partial charge < -0.3 is 5.32 Å². The van der Waals surface area contributed by atoms with Crippen molar-refractivity contribution in [2.24, 2.45) is 0 Å². The van der Waals surface area contributed by atoms with Crippen LogP contribution in [0.5, 0.6) is 0 Å². The van der Waals surface area contributed by atoms with E-state index in [4.69, 9.17) is 34.8 Å². The molecule has 1 N–H and O–H groups in total. The van der Waals surface area contributed by atoms with Crippen molar-refractivity contribution in [1.82, 2.24) is 4.98 Å². The van der Waals surface area contributed by atoms with Crippen LogP contribution in [-0.4, -0.2) is 4.98 Å². The molecule has 0 aliphatic rings. The number of aromatic nitrogens is 1. The molecule has 7 heteroatoms. The molecule has 0 amide bonds. The van der Waals surface area contributed by atoms with Crippen molar-refractivity contribution in [3.8, 4) is 0 Å². The largest absolute Gasteiger partial charge is 0.338 e. The molecule has 2 rings (SSSR count). The van der Waals surface area contributed by atoms with Gasteiger partial charge in [0.25, 0.3) is 0 Å². The first-order valence-electron chi connectivity index (χ1n) is 4.71. The Balaban J connectivity index is 2.40. The fraction of sp³-hybridized carbons (Fsp3) is 0. The van der Waals surface area contributed by atoms with Gasteiger partial charge in [-0.25, -0.2) is 9.37 Å². The van der Waals surface area contributed by atoms with Crippen molar-refractivity contribution >= 4 is 62.2 Å². The Labute approximate surface area is 126 Å². The fourth-order valence-electron chi connectivity index (χ4n) is 1.25. The van der Waals surface area contributed by atoms with E-state index in [0.717, 1.165) is 0 Å². The van der Waals surface area contributed by atoms with Crippen LogP contribution in [0, 0.1) is 5.82 Å². The summed E-state index contributed by atoms with van der Waals surface area (Å²) in [6.45, 7) is 0. The van der Waals surface area contributed by atoms with Crippen LogP contribution in [0.25, 0.3) is 0 Å². The number of hydrogen-bond acceptors (Lipinski definition) is 2. The molecule has 0 aliphatic heterocycles. The molecule has 18 heavy (non-hydrogen) atoms. The van der Waals surface area contributed by atoms with Gasteiger partial charge in [-0.1, -0.05) is 34.8 Å². The van der Waals surface area contributed by atoms with Crippen LogP contribution in [0.1, 0.15) is 0 Å². The molecule has 1 heterocycles. The summed E-state index contributed by atoms with van der Waals surface area (Å²) in [6.07, 6.45) is 0. The molecule has 94 valence electrons. The van der Waals surface area contributed by atoms with E-state index in [9.17, 15) is 4.39 Å². The summed E-state index contributed by atoms with van der Waals surface area (Å²) in [5, 5.41) is 3.55. The molecule has 0 fully saturated rings. The molecular weight excluding hydrogens is 365 g/mol. The first-order valence-corrected chi connectivity index (χ1v) is 6.63. The lowest BCUT2D eigenvalue weighted by Gasteiger charge is -2.10. The van der Waals surface area contributed by atoms with Crippen LogP contribution in [0.3, 0.4) is 0 Å². The molecule has 2 aromatic rings. The molecule has 0 saturated heterocycles. The van der Waals surface area contributed by atoms with Gasteiger partial charge in [0.1, 0.15) is 11.0 Å². The average molecular weight is 370 g/mol. The zero-order valence-electron chi connectivity index (χ0n) is 8.65.